The van der Waals surface area contributed by atoms with Crippen LogP contribution >= 0.6 is 0 Å². The minimum absolute atomic E-state index is 0.149. The van der Waals surface area contributed by atoms with E-state index in [9.17, 15) is 24.4 Å². The van der Waals surface area contributed by atoms with Gasteiger partial charge in [-0.2, -0.15) is 5.26 Å². The Hall–Kier alpha value is -3.54. The number of carbonyl (C=O) groups excluding carboxylic acids is 2. The molecule has 0 amide bonds. The Morgan fingerprint density at radius 3 is 2.08 bits per heavy atom. The van der Waals surface area contributed by atoms with E-state index in [2.05, 4.69) is 15.0 Å². The van der Waals surface area contributed by atoms with E-state index in [-0.39, 0.29) is 12.2 Å². The van der Waals surface area contributed by atoms with Gasteiger partial charge in [0, 0.05) is 19.5 Å². The Balaban J connectivity index is 3.08. The number of isocyanates is 2. The van der Waals surface area contributed by atoms with Gasteiger partial charge < -0.3 is 9.15 Å². The first-order valence-electron chi connectivity index (χ1n) is 12.6. The van der Waals surface area contributed by atoms with Crippen LogP contribution in [0.25, 0.3) is 0 Å². The smallest absolute Gasteiger partial charge is 0.401 e. The van der Waals surface area contributed by atoms with Crippen LogP contribution in [0, 0.1) is 11.5 Å². The Bertz CT molecular complexity index is 1090. The minimum atomic E-state index is -0.925. The van der Waals surface area contributed by atoms with E-state index in [0.29, 0.717) is 38.9 Å². The van der Waals surface area contributed by atoms with Gasteiger partial charge in [-0.3, -0.25) is 0 Å². The molecular formula is C24H36N6O6. The molecule has 1 aromatic rings. The molecule has 12 heteroatoms. The molecule has 0 aliphatic carbocycles. The third kappa shape index (κ3) is 11.7. The normalized spacial score (nSPS) is 11.8. The second kappa shape index (κ2) is 19.7. The van der Waals surface area contributed by atoms with E-state index in [0.717, 1.165) is 66.9 Å². The molecule has 0 radical (unpaired) electrons. The van der Waals surface area contributed by atoms with Crippen LogP contribution in [0.2, 0.25) is 0 Å². The lowest BCUT2D eigenvalue weighted by Crippen LogP contribution is -2.49. The predicted octanol–water partition coefficient (Wildman–Crippen LogP) is 2.87. The number of nitrogens with zero attached hydrogens (tertiary/aromatic N) is 6. The predicted molar refractivity (Wildman–Crippen MR) is 130 cm³/mol. The maximum Gasteiger partial charge on any atom is 0.425 e. The third-order valence-corrected chi connectivity index (χ3v) is 5.53. The lowest BCUT2D eigenvalue weighted by atomic mass is 10.2. The first-order valence-corrected chi connectivity index (χ1v) is 12.6. The van der Waals surface area contributed by atoms with Crippen LogP contribution in [0.3, 0.4) is 0 Å². The van der Waals surface area contributed by atoms with Gasteiger partial charge in [0.1, 0.15) is 0 Å². The number of hydrogen-bond acceptors (Lipinski definition) is 10. The Morgan fingerprint density at radius 1 is 0.889 bits per heavy atom. The molecule has 0 bridgehead atoms. The van der Waals surface area contributed by atoms with Gasteiger partial charge in [-0.15, -0.1) is 0 Å². The highest BCUT2D eigenvalue weighted by Gasteiger charge is 2.20. The van der Waals surface area contributed by atoms with Gasteiger partial charge in [0.15, 0.2) is 6.23 Å². The van der Waals surface area contributed by atoms with Gasteiger partial charge in [-0.05, 0) is 32.1 Å². The fourth-order valence-electron chi connectivity index (χ4n) is 3.62. The zero-order valence-electron chi connectivity index (χ0n) is 21.0. The lowest BCUT2D eigenvalue weighted by Gasteiger charge is -2.17. The van der Waals surface area contributed by atoms with E-state index in [1.54, 1.807) is 6.26 Å². The van der Waals surface area contributed by atoms with Crippen LogP contribution in [0.5, 0.6) is 0 Å². The lowest BCUT2D eigenvalue weighted by molar-refractivity contribution is 0.0587. The van der Waals surface area contributed by atoms with Gasteiger partial charge >= 0.3 is 17.1 Å². The molecule has 0 aromatic carbocycles. The quantitative estimate of drug-likeness (QED) is 0.114. The molecule has 1 aromatic heterocycles. The first kappa shape index (κ1) is 30.5. The SMILES string of the molecule is CCCCCC(OC#N)n1c(=NCCCCCCN=C=O)oc(=O)n(CCCCCCN=C=O)c1=O. The summed E-state index contributed by atoms with van der Waals surface area (Å²) >= 11 is 0. The number of aliphatic imine (C=N–C) groups is 2. The average molecular weight is 505 g/mol. The van der Waals surface area contributed by atoms with Gasteiger partial charge in [-0.1, -0.05) is 45.4 Å². The maximum atomic E-state index is 13.3. The number of unbranched alkanes of at least 4 members (excludes halogenated alkanes) is 8. The zero-order valence-corrected chi connectivity index (χ0v) is 21.0. The summed E-state index contributed by atoms with van der Waals surface area (Å²) in [7, 11) is 0. The standard InChI is InChI=1S/C24H36N6O6/c1-2-3-8-13-21(35-18-25)30-22(28-16-11-5-4-9-14-26-19-31)36-24(34)29(23(30)33)17-12-7-6-10-15-27-20-32/h21H,2-17H2,1H3. The molecule has 0 saturated carbocycles. The monoisotopic (exact) mass is 504 g/mol. The summed E-state index contributed by atoms with van der Waals surface area (Å²) in [5.74, 6) is -0.809. The van der Waals surface area contributed by atoms with Crippen LogP contribution in [0.4, 0.5) is 0 Å². The largest absolute Gasteiger partial charge is 0.425 e. The fourth-order valence-corrected chi connectivity index (χ4v) is 3.62. The number of nitriles is 1. The van der Waals surface area contributed by atoms with Crippen molar-refractivity contribution < 1.29 is 18.7 Å². The molecule has 1 rings (SSSR count). The Morgan fingerprint density at radius 2 is 1.50 bits per heavy atom. The maximum absolute atomic E-state index is 13.3. The van der Waals surface area contributed by atoms with Gasteiger partial charge in [-0.25, -0.2) is 43.3 Å². The Labute approximate surface area is 210 Å². The van der Waals surface area contributed by atoms with Gasteiger partial charge in [0.25, 0.3) is 6.26 Å². The summed E-state index contributed by atoms with van der Waals surface area (Å²) < 4.78 is 12.8. The van der Waals surface area contributed by atoms with Crippen molar-refractivity contribution in [3.8, 4) is 6.26 Å². The summed E-state index contributed by atoms with van der Waals surface area (Å²) in [4.78, 5) is 57.5. The molecule has 0 spiro atoms. The zero-order chi connectivity index (χ0) is 26.4. The Kier molecular flexibility index (Phi) is 16.7. The molecule has 0 fully saturated rings. The number of hydrogen-bond donors (Lipinski definition) is 0. The van der Waals surface area contributed by atoms with E-state index in [4.69, 9.17) is 9.15 Å². The molecule has 0 aliphatic rings. The number of ether oxygens (including phenoxy) is 1. The molecule has 198 valence electrons. The van der Waals surface area contributed by atoms with E-state index in [1.165, 1.54) is 12.2 Å². The topological polar surface area (TPSA) is 161 Å². The van der Waals surface area contributed by atoms with Crippen molar-refractivity contribution in [2.45, 2.75) is 96.7 Å². The summed E-state index contributed by atoms with van der Waals surface area (Å²) in [6.07, 6.45) is 12.6. The highest BCUT2D eigenvalue weighted by atomic mass is 16.5. The summed E-state index contributed by atoms with van der Waals surface area (Å²) in [5.41, 5.74) is -0.783. The molecule has 1 heterocycles. The van der Waals surface area contributed by atoms with Crippen LogP contribution in [0.1, 0.15) is 90.2 Å². The van der Waals surface area contributed by atoms with Crippen molar-refractivity contribution in [1.29, 1.82) is 5.26 Å². The molecule has 1 atom stereocenters. The molecule has 0 aliphatic heterocycles. The molecule has 36 heavy (non-hydrogen) atoms. The second-order valence-corrected chi connectivity index (χ2v) is 8.27. The van der Waals surface area contributed by atoms with E-state index < -0.39 is 17.7 Å². The first-order chi connectivity index (χ1) is 17.6. The molecule has 0 N–H and O–H groups in total. The van der Waals surface area contributed by atoms with Crippen molar-refractivity contribution in [3.63, 3.8) is 0 Å². The second-order valence-electron chi connectivity index (χ2n) is 8.27. The number of rotatable bonds is 20. The molecule has 12 nitrogen and oxygen atoms in total. The summed E-state index contributed by atoms with van der Waals surface area (Å²) in [5, 5.41) is 9.18. The van der Waals surface area contributed by atoms with Crippen LogP contribution < -0.4 is 17.1 Å². The average Bonchev–Trinajstić information content (AvgIpc) is 2.86. The van der Waals surface area contributed by atoms with Crippen molar-refractivity contribution in [2.24, 2.45) is 15.0 Å². The molecule has 0 saturated heterocycles. The third-order valence-electron chi connectivity index (χ3n) is 5.53. The minimum Gasteiger partial charge on any atom is -0.401 e. The molecular weight excluding hydrogens is 468 g/mol. The van der Waals surface area contributed by atoms with E-state index >= 15 is 0 Å². The highest BCUT2D eigenvalue weighted by Crippen LogP contribution is 2.14. The van der Waals surface area contributed by atoms with Crippen molar-refractivity contribution in [3.05, 3.63) is 26.7 Å². The summed E-state index contributed by atoms with van der Waals surface area (Å²) in [6.45, 7) is 3.35. The van der Waals surface area contributed by atoms with Crippen molar-refractivity contribution >= 4 is 12.2 Å². The van der Waals surface area contributed by atoms with Crippen molar-refractivity contribution in [1.82, 2.24) is 9.13 Å². The number of aromatic nitrogens is 2. The summed E-state index contributed by atoms with van der Waals surface area (Å²) in [6, 6.07) is 0. The fraction of sp³-hybridized carbons (Fsp3) is 0.750. The molecule has 1 unspecified atom stereocenters. The van der Waals surface area contributed by atoms with Gasteiger partial charge in [0.2, 0.25) is 12.2 Å². The van der Waals surface area contributed by atoms with Crippen LogP contribution in [0.15, 0.2) is 29.0 Å². The van der Waals surface area contributed by atoms with Crippen LogP contribution in [-0.2, 0) is 20.9 Å². The van der Waals surface area contributed by atoms with E-state index in [1.807, 2.05) is 6.92 Å². The highest BCUT2D eigenvalue weighted by molar-refractivity contribution is 5.32. The van der Waals surface area contributed by atoms with Crippen LogP contribution in [-0.4, -0.2) is 40.9 Å². The van der Waals surface area contributed by atoms with Gasteiger partial charge in [0.05, 0.1) is 13.1 Å². The van der Waals surface area contributed by atoms with Crippen molar-refractivity contribution in [2.75, 3.05) is 19.6 Å².